The molecule has 0 bridgehead atoms. The van der Waals surface area contributed by atoms with Gasteiger partial charge in [-0.1, -0.05) is 54.2 Å². The fourth-order valence-corrected chi connectivity index (χ4v) is 5.06. The summed E-state index contributed by atoms with van der Waals surface area (Å²) in [5.74, 6) is -0.226. The maximum atomic E-state index is 12.6. The molecule has 1 saturated heterocycles. The van der Waals surface area contributed by atoms with Gasteiger partial charge in [0.2, 0.25) is 11.8 Å². The van der Waals surface area contributed by atoms with Crippen LogP contribution in [-0.4, -0.2) is 26.9 Å². The lowest BCUT2D eigenvalue weighted by molar-refractivity contribution is -0.138. The van der Waals surface area contributed by atoms with E-state index in [0.717, 1.165) is 20.1 Å². The van der Waals surface area contributed by atoms with Crippen molar-refractivity contribution in [2.24, 2.45) is 0 Å². The molecule has 24 heavy (non-hydrogen) atoms. The van der Waals surface area contributed by atoms with E-state index >= 15 is 0 Å². The second-order valence-electron chi connectivity index (χ2n) is 5.56. The van der Waals surface area contributed by atoms with Gasteiger partial charge in [-0.3, -0.25) is 14.5 Å². The van der Waals surface area contributed by atoms with E-state index in [1.165, 1.54) is 16.7 Å². The summed E-state index contributed by atoms with van der Waals surface area (Å²) in [5.41, 5.74) is 1.90. The highest BCUT2D eigenvalue weighted by atomic mass is 32.2. The van der Waals surface area contributed by atoms with E-state index < -0.39 is 0 Å². The number of para-hydroxylation sites is 1. The van der Waals surface area contributed by atoms with Crippen molar-refractivity contribution in [3.05, 3.63) is 60.2 Å². The van der Waals surface area contributed by atoms with E-state index in [4.69, 9.17) is 0 Å². The third-order valence-electron chi connectivity index (χ3n) is 3.90. The first-order valence-electron chi connectivity index (χ1n) is 7.61. The average molecular weight is 354 g/mol. The molecule has 1 unspecified atom stereocenters. The van der Waals surface area contributed by atoms with Gasteiger partial charge in [0.05, 0.1) is 22.0 Å². The third-order valence-corrected chi connectivity index (χ3v) is 6.22. The summed E-state index contributed by atoms with van der Waals surface area (Å²) in [6.07, 6.45) is 0.242. The Morgan fingerprint density at radius 2 is 1.83 bits per heavy atom. The number of amides is 2. The van der Waals surface area contributed by atoms with Crippen molar-refractivity contribution in [1.29, 1.82) is 0 Å². The molecule has 1 aliphatic rings. The van der Waals surface area contributed by atoms with Crippen LogP contribution in [-0.2, 0) is 16.1 Å². The molecule has 1 atom stereocenters. The van der Waals surface area contributed by atoms with Gasteiger partial charge in [-0.05, 0) is 17.7 Å². The molecular weight excluding hydrogens is 340 g/mol. The number of rotatable bonds is 4. The van der Waals surface area contributed by atoms with Gasteiger partial charge in [0, 0.05) is 6.42 Å². The number of thiazole rings is 1. The number of hydrogen-bond donors (Lipinski definition) is 0. The van der Waals surface area contributed by atoms with Crippen LogP contribution in [0.4, 0.5) is 0 Å². The van der Waals surface area contributed by atoms with Crippen LogP contribution in [0.1, 0.15) is 12.0 Å². The zero-order chi connectivity index (χ0) is 16.5. The molecule has 2 aromatic carbocycles. The van der Waals surface area contributed by atoms with Crippen molar-refractivity contribution in [3.63, 3.8) is 0 Å². The first kappa shape index (κ1) is 15.4. The largest absolute Gasteiger partial charge is 0.277 e. The van der Waals surface area contributed by atoms with Crippen LogP contribution in [0.25, 0.3) is 10.2 Å². The molecule has 0 radical (unpaired) electrons. The Kier molecular flexibility index (Phi) is 4.08. The fraction of sp³-hybridized carbons (Fsp3) is 0.167. The predicted molar refractivity (Wildman–Crippen MR) is 95.9 cm³/mol. The van der Waals surface area contributed by atoms with Gasteiger partial charge < -0.3 is 0 Å². The lowest BCUT2D eigenvalue weighted by atomic mass is 10.2. The molecule has 120 valence electrons. The summed E-state index contributed by atoms with van der Waals surface area (Å²) >= 11 is 2.96. The number of nitrogens with zero attached hydrogens (tertiary/aromatic N) is 2. The topological polar surface area (TPSA) is 50.3 Å². The van der Waals surface area contributed by atoms with Crippen molar-refractivity contribution < 1.29 is 9.59 Å². The molecule has 0 N–H and O–H groups in total. The molecule has 4 rings (SSSR count). The SMILES string of the molecule is O=C1CC(Sc2nc3ccccc3s2)C(=O)N1Cc1ccccc1. The Hall–Kier alpha value is -2.18. The van der Waals surface area contributed by atoms with E-state index in [0.29, 0.717) is 6.54 Å². The maximum Gasteiger partial charge on any atom is 0.243 e. The van der Waals surface area contributed by atoms with Crippen molar-refractivity contribution in [3.8, 4) is 0 Å². The molecule has 0 saturated carbocycles. The van der Waals surface area contributed by atoms with Gasteiger partial charge in [0.1, 0.15) is 0 Å². The minimum atomic E-state index is -0.373. The number of fused-ring (bicyclic) bond motifs is 1. The van der Waals surface area contributed by atoms with Crippen LogP contribution in [0.2, 0.25) is 0 Å². The molecule has 0 spiro atoms. The van der Waals surface area contributed by atoms with Crippen LogP contribution in [0.5, 0.6) is 0 Å². The standard InChI is InChI=1S/C18H14N2O2S2/c21-16-10-15(17(22)20(16)11-12-6-2-1-3-7-12)24-18-19-13-8-4-5-9-14(13)23-18/h1-9,15H,10-11H2. The van der Waals surface area contributed by atoms with Crippen LogP contribution in [0.3, 0.4) is 0 Å². The Morgan fingerprint density at radius 1 is 1.08 bits per heavy atom. The number of thioether (sulfide) groups is 1. The average Bonchev–Trinajstić information content (AvgIpc) is 3.12. The summed E-state index contributed by atoms with van der Waals surface area (Å²) in [5, 5.41) is -0.373. The van der Waals surface area contributed by atoms with Gasteiger partial charge in [0.25, 0.3) is 0 Å². The lowest BCUT2D eigenvalue weighted by Gasteiger charge is -2.14. The summed E-state index contributed by atoms with van der Waals surface area (Å²) in [4.78, 5) is 30.7. The number of imide groups is 1. The highest BCUT2D eigenvalue weighted by Gasteiger charge is 2.39. The van der Waals surface area contributed by atoms with Gasteiger partial charge in [-0.25, -0.2) is 4.98 Å². The van der Waals surface area contributed by atoms with Crippen molar-refractivity contribution in [2.45, 2.75) is 22.6 Å². The zero-order valence-electron chi connectivity index (χ0n) is 12.7. The summed E-state index contributed by atoms with van der Waals surface area (Å²) in [6, 6.07) is 17.5. The number of benzene rings is 2. The van der Waals surface area contributed by atoms with Gasteiger partial charge in [0.15, 0.2) is 4.34 Å². The number of carbonyl (C=O) groups excluding carboxylic acids is 2. The highest BCUT2D eigenvalue weighted by Crippen LogP contribution is 2.36. The molecule has 1 aromatic heterocycles. The molecule has 2 amide bonds. The molecule has 3 aromatic rings. The van der Waals surface area contributed by atoms with Gasteiger partial charge in [-0.2, -0.15) is 0 Å². The van der Waals surface area contributed by atoms with Gasteiger partial charge >= 0.3 is 0 Å². The first-order valence-corrected chi connectivity index (χ1v) is 9.31. The minimum Gasteiger partial charge on any atom is -0.277 e. The quantitative estimate of drug-likeness (QED) is 0.670. The number of hydrogen-bond acceptors (Lipinski definition) is 5. The van der Waals surface area contributed by atoms with Crippen LogP contribution in [0, 0.1) is 0 Å². The van der Waals surface area contributed by atoms with E-state index in [1.807, 2.05) is 54.6 Å². The smallest absolute Gasteiger partial charge is 0.243 e. The molecule has 4 nitrogen and oxygen atoms in total. The second-order valence-corrected chi connectivity index (χ2v) is 8.04. The first-order chi connectivity index (χ1) is 11.7. The summed E-state index contributed by atoms with van der Waals surface area (Å²) in [7, 11) is 0. The third kappa shape index (κ3) is 2.95. The van der Waals surface area contributed by atoms with E-state index in [2.05, 4.69) is 4.98 Å². The molecular formula is C18H14N2O2S2. The minimum absolute atomic E-state index is 0.109. The lowest BCUT2D eigenvalue weighted by Crippen LogP contribution is -2.30. The highest BCUT2D eigenvalue weighted by molar-refractivity contribution is 8.02. The number of likely N-dealkylation sites (tertiary alicyclic amines) is 1. The Labute approximate surface area is 147 Å². The molecule has 0 aliphatic carbocycles. The number of carbonyl (C=O) groups is 2. The van der Waals surface area contributed by atoms with Crippen molar-refractivity contribution in [1.82, 2.24) is 9.88 Å². The van der Waals surface area contributed by atoms with Crippen LogP contribution < -0.4 is 0 Å². The Morgan fingerprint density at radius 3 is 2.62 bits per heavy atom. The fourth-order valence-electron chi connectivity index (χ4n) is 2.70. The van der Waals surface area contributed by atoms with E-state index in [1.54, 1.807) is 11.3 Å². The van der Waals surface area contributed by atoms with Crippen molar-refractivity contribution in [2.75, 3.05) is 0 Å². The number of aromatic nitrogens is 1. The van der Waals surface area contributed by atoms with E-state index in [9.17, 15) is 9.59 Å². The molecule has 1 fully saturated rings. The molecule has 2 heterocycles. The Bertz CT molecular complexity index is 875. The monoisotopic (exact) mass is 354 g/mol. The van der Waals surface area contributed by atoms with E-state index in [-0.39, 0.29) is 23.5 Å². The van der Waals surface area contributed by atoms with Crippen molar-refractivity contribution >= 4 is 45.1 Å². The normalized spacial score (nSPS) is 17.8. The summed E-state index contributed by atoms with van der Waals surface area (Å²) < 4.78 is 1.93. The van der Waals surface area contributed by atoms with Gasteiger partial charge in [-0.15, -0.1) is 11.3 Å². The molecule has 6 heteroatoms. The van der Waals surface area contributed by atoms with Crippen LogP contribution in [0.15, 0.2) is 58.9 Å². The summed E-state index contributed by atoms with van der Waals surface area (Å²) in [6.45, 7) is 0.343. The second kappa shape index (κ2) is 6.37. The predicted octanol–water partition coefficient (Wildman–Crippen LogP) is 3.72. The molecule has 1 aliphatic heterocycles. The zero-order valence-corrected chi connectivity index (χ0v) is 14.3. The van der Waals surface area contributed by atoms with Crippen LogP contribution >= 0.6 is 23.1 Å². The maximum absolute atomic E-state index is 12.6. The Balaban J connectivity index is 1.50.